The van der Waals surface area contributed by atoms with Gasteiger partial charge in [-0.05, 0) is 39.8 Å². The molecule has 0 aliphatic heterocycles. The second-order valence-corrected chi connectivity index (χ2v) is 4.96. The lowest BCUT2D eigenvalue weighted by molar-refractivity contribution is 0.0635. The lowest BCUT2D eigenvalue weighted by atomic mass is 10.1. The van der Waals surface area contributed by atoms with Gasteiger partial charge >= 0.3 is 6.09 Å². The maximum absolute atomic E-state index is 11.6. The maximum atomic E-state index is 11.6. The molecule has 0 atom stereocenters. The largest absolute Gasteiger partial charge is 0.508 e. The highest BCUT2D eigenvalue weighted by Gasteiger charge is 2.17. The van der Waals surface area contributed by atoms with E-state index < -0.39 is 11.7 Å². The van der Waals surface area contributed by atoms with E-state index in [2.05, 4.69) is 5.32 Å². The number of aldehydes is 1. The van der Waals surface area contributed by atoms with Gasteiger partial charge in [0.05, 0.1) is 5.69 Å². The van der Waals surface area contributed by atoms with Gasteiger partial charge in [-0.3, -0.25) is 10.1 Å². The summed E-state index contributed by atoms with van der Waals surface area (Å²) in [6, 6.07) is 2.81. The summed E-state index contributed by atoms with van der Waals surface area (Å²) in [6.45, 7) is 6.88. The fourth-order valence-electron chi connectivity index (χ4n) is 1.33. The van der Waals surface area contributed by atoms with Crippen molar-refractivity contribution in [2.24, 2.45) is 0 Å². The summed E-state index contributed by atoms with van der Waals surface area (Å²) in [7, 11) is 0. The molecule has 1 aromatic rings. The van der Waals surface area contributed by atoms with Gasteiger partial charge in [0, 0.05) is 11.1 Å². The number of carbonyl (C=O) groups excluding carboxylic acids is 2. The number of nitrogens with one attached hydrogen (secondary N) is 1. The summed E-state index contributed by atoms with van der Waals surface area (Å²) < 4.78 is 5.09. The molecule has 0 radical (unpaired) electrons. The van der Waals surface area contributed by atoms with E-state index in [9.17, 15) is 14.7 Å². The fraction of sp³-hybridized carbons (Fsp3) is 0.385. The van der Waals surface area contributed by atoms with Crippen LogP contribution in [-0.2, 0) is 4.74 Å². The zero-order valence-electron chi connectivity index (χ0n) is 10.9. The predicted octanol–water partition coefficient (Wildman–Crippen LogP) is 2.86. The summed E-state index contributed by atoms with van der Waals surface area (Å²) in [6.07, 6.45) is -0.0348. The number of aromatic hydroxyl groups is 1. The molecule has 0 heterocycles. The van der Waals surface area contributed by atoms with E-state index in [1.54, 1.807) is 27.7 Å². The third kappa shape index (κ3) is 3.76. The number of phenols is 1. The number of hydrogen-bond donors (Lipinski definition) is 2. The number of benzene rings is 1. The highest BCUT2D eigenvalue weighted by Crippen LogP contribution is 2.26. The van der Waals surface area contributed by atoms with Gasteiger partial charge in [-0.15, -0.1) is 0 Å². The van der Waals surface area contributed by atoms with Crippen LogP contribution < -0.4 is 5.32 Å². The molecular weight excluding hydrogens is 234 g/mol. The molecule has 5 nitrogen and oxygen atoms in total. The molecular formula is C13H17NO4. The minimum atomic E-state index is -0.631. The topological polar surface area (TPSA) is 75.6 Å². The van der Waals surface area contributed by atoms with Crippen molar-refractivity contribution in [3.8, 4) is 5.75 Å². The molecule has 0 unspecified atom stereocenters. The number of phenolic OH excluding ortho intramolecular Hbond substituents is 1. The molecule has 0 fully saturated rings. The van der Waals surface area contributed by atoms with Crippen molar-refractivity contribution in [3.63, 3.8) is 0 Å². The number of ether oxygens (including phenoxy) is 1. The van der Waals surface area contributed by atoms with E-state index in [1.807, 2.05) is 0 Å². The maximum Gasteiger partial charge on any atom is 0.412 e. The highest BCUT2D eigenvalue weighted by atomic mass is 16.6. The molecule has 1 rings (SSSR count). The van der Waals surface area contributed by atoms with Gasteiger partial charge in [-0.1, -0.05) is 0 Å². The zero-order chi connectivity index (χ0) is 13.9. The summed E-state index contributed by atoms with van der Waals surface area (Å²) in [5, 5.41) is 12.1. The first kappa shape index (κ1) is 14.0. The molecule has 0 bridgehead atoms. The fourth-order valence-corrected chi connectivity index (χ4v) is 1.33. The Kier molecular flexibility index (Phi) is 3.96. The number of anilines is 1. The van der Waals surface area contributed by atoms with Crippen LogP contribution in [0.1, 0.15) is 36.7 Å². The first-order chi connectivity index (χ1) is 8.23. The molecule has 0 aliphatic rings. The third-order valence-corrected chi connectivity index (χ3v) is 2.17. The van der Waals surface area contributed by atoms with Crippen LogP contribution in [0.5, 0.6) is 5.75 Å². The van der Waals surface area contributed by atoms with Crippen LogP contribution in [0, 0.1) is 6.92 Å². The Morgan fingerprint density at radius 3 is 2.50 bits per heavy atom. The van der Waals surface area contributed by atoms with Crippen LogP contribution in [-0.4, -0.2) is 23.1 Å². The Morgan fingerprint density at radius 1 is 1.39 bits per heavy atom. The standard InChI is InChI=1S/C13H17NO4/c1-8-10(5-9(7-15)6-11(8)16)14-12(17)18-13(2,3)4/h5-7,16H,1-4H3,(H,14,17). The van der Waals surface area contributed by atoms with Crippen LogP contribution in [0.2, 0.25) is 0 Å². The van der Waals surface area contributed by atoms with Crippen molar-refractivity contribution in [2.75, 3.05) is 5.32 Å². The molecule has 0 saturated carbocycles. The molecule has 0 spiro atoms. The summed E-state index contributed by atoms with van der Waals surface area (Å²) in [4.78, 5) is 22.3. The molecule has 2 N–H and O–H groups in total. The first-order valence-electron chi connectivity index (χ1n) is 5.52. The van der Waals surface area contributed by atoms with Gasteiger partial charge in [0.1, 0.15) is 17.6 Å². The molecule has 1 amide bonds. The Bertz CT molecular complexity index is 475. The van der Waals surface area contributed by atoms with Crippen molar-refractivity contribution in [1.82, 2.24) is 0 Å². The lowest BCUT2D eigenvalue weighted by Crippen LogP contribution is -2.27. The minimum absolute atomic E-state index is 0.0503. The van der Waals surface area contributed by atoms with E-state index in [0.717, 1.165) is 0 Å². The Morgan fingerprint density at radius 2 is 2.00 bits per heavy atom. The lowest BCUT2D eigenvalue weighted by Gasteiger charge is -2.20. The number of rotatable bonds is 2. The summed E-state index contributed by atoms with van der Waals surface area (Å²) in [5.41, 5.74) is 0.504. The van der Waals surface area contributed by atoms with Gasteiger partial charge in [0.25, 0.3) is 0 Å². The highest BCUT2D eigenvalue weighted by molar-refractivity contribution is 5.89. The van der Waals surface area contributed by atoms with Crippen LogP contribution in [0.15, 0.2) is 12.1 Å². The van der Waals surface area contributed by atoms with Gasteiger partial charge in [0.15, 0.2) is 0 Å². The van der Waals surface area contributed by atoms with Gasteiger partial charge in [0.2, 0.25) is 0 Å². The van der Waals surface area contributed by atoms with Gasteiger partial charge in [-0.2, -0.15) is 0 Å². The quantitative estimate of drug-likeness (QED) is 0.792. The van der Waals surface area contributed by atoms with Crippen LogP contribution in [0.3, 0.4) is 0 Å². The average molecular weight is 251 g/mol. The number of amides is 1. The summed E-state index contributed by atoms with van der Waals surface area (Å²) >= 11 is 0. The molecule has 18 heavy (non-hydrogen) atoms. The third-order valence-electron chi connectivity index (χ3n) is 2.17. The second kappa shape index (κ2) is 5.08. The molecule has 5 heteroatoms. The Labute approximate surface area is 106 Å². The second-order valence-electron chi connectivity index (χ2n) is 4.96. The number of carbonyl (C=O) groups is 2. The van der Waals surface area contributed by atoms with Crippen LogP contribution in [0.4, 0.5) is 10.5 Å². The van der Waals surface area contributed by atoms with E-state index in [0.29, 0.717) is 17.5 Å². The zero-order valence-corrected chi connectivity index (χ0v) is 10.9. The van der Waals surface area contributed by atoms with Crippen molar-refractivity contribution < 1.29 is 19.4 Å². The normalized spacial score (nSPS) is 10.9. The van der Waals surface area contributed by atoms with Crippen molar-refractivity contribution in [2.45, 2.75) is 33.3 Å². The Balaban J connectivity index is 2.94. The predicted molar refractivity (Wildman–Crippen MR) is 68.1 cm³/mol. The van der Waals surface area contributed by atoms with E-state index in [-0.39, 0.29) is 11.3 Å². The molecule has 1 aromatic carbocycles. The Hall–Kier alpha value is -2.04. The van der Waals surface area contributed by atoms with Gasteiger partial charge < -0.3 is 9.84 Å². The van der Waals surface area contributed by atoms with E-state index in [1.165, 1.54) is 12.1 Å². The molecule has 0 aliphatic carbocycles. The summed E-state index contributed by atoms with van der Waals surface area (Å²) in [5.74, 6) is -0.0503. The average Bonchev–Trinajstić information content (AvgIpc) is 2.21. The molecule has 98 valence electrons. The van der Waals surface area contributed by atoms with Crippen LogP contribution >= 0.6 is 0 Å². The monoisotopic (exact) mass is 251 g/mol. The smallest absolute Gasteiger partial charge is 0.412 e. The molecule has 0 saturated heterocycles. The molecule has 0 aromatic heterocycles. The van der Waals surface area contributed by atoms with E-state index >= 15 is 0 Å². The SMILES string of the molecule is Cc1c(O)cc(C=O)cc1NC(=O)OC(C)(C)C. The van der Waals surface area contributed by atoms with Crippen molar-refractivity contribution in [1.29, 1.82) is 0 Å². The van der Waals surface area contributed by atoms with Gasteiger partial charge in [-0.25, -0.2) is 4.79 Å². The van der Waals surface area contributed by atoms with Crippen molar-refractivity contribution >= 4 is 18.1 Å². The van der Waals surface area contributed by atoms with Crippen LogP contribution in [0.25, 0.3) is 0 Å². The number of hydrogen-bond acceptors (Lipinski definition) is 4. The minimum Gasteiger partial charge on any atom is -0.508 e. The van der Waals surface area contributed by atoms with E-state index in [4.69, 9.17) is 4.74 Å². The first-order valence-corrected chi connectivity index (χ1v) is 5.52. The van der Waals surface area contributed by atoms with Crippen molar-refractivity contribution in [3.05, 3.63) is 23.3 Å².